The summed E-state index contributed by atoms with van der Waals surface area (Å²) in [7, 11) is 0. The van der Waals surface area contributed by atoms with Crippen molar-refractivity contribution in [3.05, 3.63) is 0 Å². The SMILES string of the molecule is CC(C)C(C)C(C)(C)C(=O)ON1C(=O)CCC1=O. The lowest BCUT2D eigenvalue weighted by Crippen LogP contribution is -2.41. The van der Waals surface area contributed by atoms with E-state index in [1.54, 1.807) is 13.8 Å². The Kier molecular flexibility index (Phi) is 4.14. The van der Waals surface area contributed by atoms with Gasteiger partial charge < -0.3 is 4.84 Å². The molecule has 1 aliphatic heterocycles. The second kappa shape index (κ2) is 5.08. The van der Waals surface area contributed by atoms with Crippen LogP contribution in [0.15, 0.2) is 0 Å². The van der Waals surface area contributed by atoms with Crippen molar-refractivity contribution in [1.29, 1.82) is 0 Å². The molecule has 1 saturated heterocycles. The van der Waals surface area contributed by atoms with Gasteiger partial charge in [0.15, 0.2) is 0 Å². The number of hydroxylamine groups is 2. The van der Waals surface area contributed by atoms with Crippen LogP contribution in [0.4, 0.5) is 0 Å². The lowest BCUT2D eigenvalue weighted by Gasteiger charge is -2.32. The topological polar surface area (TPSA) is 63.7 Å². The van der Waals surface area contributed by atoms with Crippen LogP contribution in [-0.4, -0.2) is 22.8 Å². The smallest absolute Gasteiger partial charge is 0.330 e. The molecule has 0 bridgehead atoms. The molecule has 0 aromatic carbocycles. The molecule has 0 aromatic rings. The molecule has 1 atom stereocenters. The van der Waals surface area contributed by atoms with E-state index < -0.39 is 23.2 Å². The molecule has 0 saturated carbocycles. The predicted octanol–water partition coefficient (Wildman–Crippen LogP) is 1.91. The standard InChI is InChI=1S/C13H21NO4/c1-8(2)9(3)13(4,5)12(17)18-14-10(15)6-7-11(14)16/h8-9H,6-7H2,1-5H3. The summed E-state index contributed by atoms with van der Waals surface area (Å²) >= 11 is 0. The van der Waals surface area contributed by atoms with Gasteiger partial charge in [-0.3, -0.25) is 9.59 Å². The van der Waals surface area contributed by atoms with Crippen LogP contribution in [0.5, 0.6) is 0 Å². The highest BCUT2D eigenvalue weighted by Gasteiger charge is 2.41. The number of nitrogens with zero attached hydrogens (tertiary/aromatic N) is 1. The molecule has 0 N–H and O–H groups in total. The van der Waals surface area contributed by atoms with Gasteiger partial charge in [0.2, 0.25) is 0 Å². The highest BCUT2D eigenvalue weighted by Crippen LogP contribution is 2.34. The minimum Gasteiger partial charge on any atom is -0.330 e. The van der Waals surface area contributed by atoms with Gasteiger partial charge in [-0.25, -0.2) is 4.79 Å². The fourth-order valence-electron chi connectivity index (χ4n) is 1.88. The molecule has 1 unspecified atom stereocenters. The molecule has 0 radical (unpaired) electrons. The Hall–Kier alpha value is -1.39. The maximum Gasteiger partial charge on any atom is 0.338 e. The van der Waals surface area contributed by atoms with E-state index in [1.165, 1.54) is 0 Å². The molecule has 102 valence electrons. The van der Waals surface area contributed by atoms with Gasteiger partial charge in [0, 0.05) is 12.8 Å². The molecular formula is C13H21NO4. The summed E-state index contributed by atoms with van der Waals surface area (Å²) in [5.41, 5.74) is -0.739. The zero-order chi connectivity index (χ0) is 14.1. The van der Waals surface area contributed by atoms with Crippen molar-refractivity contribution in [2.45, 2.75) is 47.5 Å². The Labute approximate surface area is 107 Å². The summed E-state index contributed by atoms with van der Waals surface area (Å²) in [6.07, 6.45) is 0.235. The fraction of sp³-hybridized carbons (Fsp3) is 0.769. The van der Waals surface area contributed by atoms with E-state index in [-0.39, 0.29) is 18.8 Å². The molecular weight excluding hydrogens is 234 g/mol. The minimum atomic E-state index is -0.739. The number of rotatable bonds is 4. The summed E-state index contributed by atoms with van der Waals surface area (Å²) in [4.78, 5) is 39.8. The van der Waals surface area contributed by atoms with Crippen LogP contribution in [-0.2, 0) is 19.2 Å². The zero-order valence-corrected chi connectivity index (χ0v) is 11.6. The van der Waals surface area contributed by atoms with Gasteiger partial charge in [-0.1, -0.05) is 20.8 Å². The average Bonchev–Trinajstić information content (AvgIpc) is 2.59. The lowest BCUT2D eigenvalue weighted by molar-refractivity contribution is -0.206. The van der Waals surface area contributed by atoms with Gasteiger partial charge in [-0.15, -0.1) is 5.06 Å². The van der Waals surface area contributed by atoms with Gasteiger partial charge in [-0.2, -0.15) is 0 Å². The molecule has 18 heavy (non-hydrogen) atoms. The normalized spacial score (nSPS) is 18.4. The number of imide groups is 1. The second-order valence-electron chi connectivity index (χ2n) is 5.71. The minimum absolute atomic E-state index is 0.0813. The molecule has 0 spiro atoms. The second-order valence-corrected chi connectivity index (χ2v) is 5.71. The summed E-state index contributed by atoms with van der Waals surface area (Å²) in [5, 5.41) is 0.608. The van der Waals surface area contributed by atoms with Crippen molar-refractivity contribution in [2.75, 3.05) is 0 Å². The highest BCUT2D eigenvalue weighted by molar-refractivity contribution is 6.01. The van der Waals surface area contributed by atoms with Gasteiger partial charge in [0.25, 0.3) is 11.8 Å². The molecule has 5 heteroatoms. The van der Waals surface area contributed by atoms with Crippen LogP contribution >= 0.6 is 0 Å². The van der Waals surface area contributed by atoms with E-state index >= 15 is 0 Å². The first-order valence-electron chi connectivity index (χ1n) is 6.26. The van der Waals surface area contributed by atoms with Gasteiger partial charge in [0.1, 0.15) is 0 Å². The summed E-state index contributed by atoms with van der Waals surface area (Å²) < 4.78 is 0. The predicted molar refractivity (Wildman–Crippen MR) is 65.0 cm³/mol. The van der Waals surface area contributed by atoms with E-state index in [9.17, 15) is 14.4 Å². The number of carbonyl (C=O) groups excluding carboxylic acids is 3. The summed E-state index contributed by atoms with van der Waals surface area (Å²) in [5.74, 6) is -1.04. The lowest BCUT2D eigenvalue weighted by atomic mass is 9.74. The highest BCUT2D eigenvalue weighted by atomic mass is 16.7. The largest absolute Gasteiger partial charge is 0.338 e. The number of amides is 2. The van der Waals surface area contributed by atoms with E-state index in [4.69, 9.17) is 4.84 Å². The third-order valence-corrected chi connectivity index (χ3v) is 3.84. The first kappa shape index (κ1) is 14.7. The van der Waals surface area contributed by atoms with Crippen molar-refractivity contribution < 1.29 is 19.2 Å². The maximum atomic E-state index is 12.1. The van der Waals surface area contributed by atoms with E-state index in [2.05, 4.69) is 0 Å². The van der Waals surface area contributed by atoms with Crippen LogP contribution in [0.25, 0.3) is 0 Å². The van der Waals surface area contributed by atoms with Crippen LogP contribution in [0, 0.1) is 17.3 Å². The molecule has 0 aromatic heterocycles. The Bertz CT molecular complexity index is 357. The quantitative estimate of drug-likeness (QED) is 0.720. The molecule has 1 heterocycles. The first-order chi connectivity index (χ1) is 8.17. The third-order valence-electron chi connectivity index (χ3n) is 3.84. The zero-order valence-electron chi connectivity index (χ0n) is 11.6. The fourth-order valence-corrected chi connectivity index (χ4v) is 1.88. The summed E-state index contributed by atoms with van der Waals surface area (Å²) in [6, 6.07) is 0. The van der Waals surface area contributed by atoms with Crippen LogP contribution < -0.4 is 0 Å². The monoisotopic (exact) mass is 255 g/mol. The first-order valence-corrected chi connectivity index (χ1v) is 6.26. The van der Waals surface area contributed by atoms with E-state index in [0.717, 1.165) is 0 Å². The van der Waals surface area contributed by atoms with Crippen molar-refractivity contribution in [3.63, 3.8) is 0 Å². The van der Waals surface area contributed by atoms with Crippen LogP contribution in [0.1, 0.15) is 47.5 Å². The number of hydrogen-bond donors (Lipinski definition) is 0. The molecule has 1 rings (SSSR count). The Morgan fingerprint density at radius 2 is 1.61 bits per heavy atom. The Morgan fingerprint density at radius 1 is 1.17 bits per heavy atom. The van der Waals surface area contributed by atoms with Crippen molar-refractivity contribution in [3.8, 4) is 0 Å². The molecule has 5 nitrogen and oxygen atoms in total. The Balaban J connectivity index is 2.76. The Morgan fingerprint density at radius 3 is 2.00 bits per heavy atom. The molecule has 1 fully saturated rings. The van der Waals surface area contributed by atoms with Crippen LogP contribution in [0.3, 0.4) is 0 Å². The van der Waals surface area contributed by atoms with Gasteiger partial charge in [0.05, 0.1) is 5.41 Å². The van der Waals surface area contributed by atoms with Crippen molar-refractivity contribution in [2.24, 2.45) is 17.3 Å². The van der Waals surface area contributed by atoms with Gasteiger partial charge >= 0.3 is 5.97 Å². The number of hydrogen-bond acceptors (Lipinski definition) is 4. The van der Waals surface area contributed by atoms with Crippen molar-refractivity contribution >= 4 is 17.8 Å². The molecule has 0 aliphatic carbocycles. The maximum absolute atomic E-state index is 12.1. The van der Waals surface area contributed by atoms with E-state index in [1.807, 2.05) is 20.8 Å². The number of carbonyl (C=O) groups is 3. The van der Waals surface area contributed by atoms with Gasteiger partial charge in [-0.05, 0) is 25.7 Å². The van der Waals surface area contributed by atoms with Crippen molar-refractivity contribution in [1.82, 2.24) is 5.06 Å². The molecule has 1 aliphatic rings. The molecule has 2 amide bonds. The average molecular weight is 255 g/mol. The third kappa shape index (κ3) is 2.71. The van der Waals surface area contributed by atoms with E-state index in [0.29, 0.717) is 11.0 Å². The summed E-state index contributed by atoms with van der Waals surface area (Å²) in [6.45, 7) is 9.54. The van der Waals surface area contributed by atoms with Crippen LogP contribution in [0.2, 0.25) is 0 Å².